The number of ether oxygens (including phenoxy) is 1. The van der Waals surface area contributed by atoms with E-state index in [4.69, 9.17) is 4.74 Å². The Kier molecular flexibility index (Phi) is 5.04. The molecular weight excluding hydrogens is 274 g/mol. The molecule has 2 aromatic rings. The van der Waals surface area contributed by atoms with Gasteiger partial charge in [-0.3, -0.25) is 4.79 Å². The number of ketones is 1. The normalized spacial score (nSPS) is 10.4. The number of hydrogen-bond acceptors (Lipinski definition) is 2. The van der Waals surface area contributed by atoms with Gasteiger partial charge in [0.2, 0.25) is 0 Å². The predicted octanol–water partition coefficient (Wildman–Crippen LogP) is 4.37. The zero-order valence-electron chi connectivity index (χ0n) is 11.7. The monoisotopic (exact) mass is 290 g/mol. The third-order valence-corrected chi connectivity index (χ3v) is 3.06. The highest BCUT2D eigenvalue weighted by molar-refractivity contribution is 6.09. The molecule has 0 aliphatic carbocycles. The molecule has 0 saturated carbocycles. The number of carbonyl (C=O) groups excluding carboxylic acids is 1. The van der Waals surface area contributed by atoms with E-state index in [9.17, 15) is 13.6 Å². The van der Waals surface area contributed by atoms with E-state index < -0.39 is 11.6 Å². The molecule has 0 fully saturated rings. The molecule has 0 aliphatic heterocycles. The molecule has 4 heteroatoms. The summed E-state index contributed by atoms with van der Waals surface area (Å²) in [6.45, 7) is 2.71. The molecule has 2 rings (SSSR count). The van der Waals surface area contributed by atoms with Crippen molar-refractivity contribution in [3.63, 3.8) is 0 Å². The van der Waals surface area contributed by atoms with Gasteiger partial charge in [0.25, 0.3) is 0 Å². The van der Waals surface area contributed by atoms with Crippen LogP contribution in [0, 0.1) is 11.6 Å². The maximum Gasteiger partial charge on any atom is 0.193 e. The van der Waals surface area contributed by atoms with Crippen molar-refractivity contribution in [1.82, 2.24) is 0 Å². The molecular formula is C17H16F2O2. The molecule has 0 amide bonds. The molecule has 0 aliphatic rings. The summed E-state index contributed by atoms with van der Waals surface area (Å²) < 4.78 is 31.5. The molecule has 21 heavy (non-hydrogen) atoms. The number of unbranched alkanes of at least 4 members (excludes halogenated alkanes) is 1. The van der Waals surface area contributed by atoms with Crippen LogP contribution in [0.1, 0.15) is 35.7 Å². The number of halogens is 2. The van der Waals surface area contributed by atoms with Gasteiger partial charge in [-0.2, -0.15) is 0 Å². The van der Waals surface area contributed by atoms with Crippen LogP contribution in [0.4, 0.5) is 8.78 Å². The topological polar surface area (TPSA) is 26.3 Å². The van der Waals surface area contributed by atoms with Crippen LogP contribution in [0.25, 0.3) is 0 Å². The summed E-state index contributed by atoms with van der Waals surface area (Å²) in [7, 11) is 0. The van der Waals surface area contributed by atoms with Gasteiger partial charge in [0.15, 0.2) is 17.4 Å². The Bertz CT molecular complexity index is 621. The van der Waals surface area contributed by atoms with Crippen molar-refractivity contribution in [2.24, 2.45) is 0 Å². The highest BCUT2D eigenvalue weighted by atomic mass is 19.2. The van der Waals surface area contributed by atoms with E-state index in [1.54, 1.807) is 24.3 Å². The summed E-state index contributed by atoms with van der Waals surface area (Å²) >= 11 is 0. The first kappa shape index (κ1) is 15.2. The summed E-state index contributed by atoms with van der Waals surface area (Å²) in [5.74, 6) is -1.66. The van der Waals surface area contributed by atoms with E-state index >= 15 is 0 Å². The zero-order chi connectivity index (χ0) is 15.2. The summed E-state index contributed by atoms with van der Waals surface area (Å²) in [6.07, 6.45) is 2.02. The summed E-state index contributed by atoms with van der Waals surface area (Å²) in [5.41, 5.74) is 0.525. The minimum Gasteiger partial charge on any atom is -0.494 e. The van der Waals surface area contributed by atoms with Gasteiger partial charge >= 0.3 is 0 Å². The summed E-state index contributed by atoms with van der Waals surface area (Å²) in [5, 5.41) is 0. The van der Waals surface area contributed by atoms with E-state index in [0.29, 0.717) is 17.9 Å². The second-order valence-corrected chi connectivity index (χ2v) is 4.68. The zero-order valence-corrected chi connectivity index (χ0v) is 11.7. The van der Waals surface area contributed by atoms with Crippen LogP contribution in [0.15, 0.2) is 42.5 Å². The minimum absolute atomic E-state index is 0.119. The third kappa shape index (κ3) is 3.88. The first-order valence-corrected chi connectivity index (χ1v) is 6.84. The first-order chi connectivity index (χ1) is 10.1. The van der Waals surface area contributed by atoms with Crippen molar-refractivity contribution in [1.29, 1.82) is 0 Å². The van der Waals surface area contributed by atoms with Crippen LogP contribution in [0.2, 0.25) is 0 Å². The Morgan fingerprint density at radius 2 is 1.67 bits per heavy atom. The highest BCUT2D eigenvalue weighted by Crippen LogP contribution is 2.17. The van der Waals surface area contributed by atoms with E-state index in [2.05, 4.69) is 6.92 Å². The number of carbonyl (C=O) groups is 1. The van der Waals surface area contributed by atoms with Crippen LogP contribution in [-0.4, -0.2) is 12.4 Å². The Hall–Kier alpha value is -2.23. The molecule has 0 heterocycles. The van der Waals surface area contributed by atoms with Crippen molar-refractivity contribution in [3.05, 3.63) is 65.2 Å². The van der Waals surface area contributed by atoms with Crippen molar-refractivity contribution in [2.45, 2.75) is 19.8 Å². The second kappa shape index (κ2) is 6.97. The van der Waals surface area contributed by atoms with Gasteiger partial charge in [0, 0.05) is 11.1 Å². The van der Waals surface area contributed by atoms with E-state index in [0.717, 1.165) is 25.0 Å². The largest absolute Gasteiger partial charge is 0.494 e. The maximum absolute atomic E-state index is 13.1. The minimum atomic E-state index is -1.03. The lowest BCUT2D eigenvalue weighted by Gasteiger charge is -2.06. The molecule has 0 radical (unpaired) electrons. The van der Waals surface area contributed by atoms with Crippen LogP contribution in [0.5, 0.6) is 5.75 Å². The Morgan fingerprint density at radius 3 is 2.29 bits per heavy atom. The molecule has 0 N–H and O–H groups in total. The first-order valence-electron chi connectivity index (χ1n) is 6.84. The number of rotatable bonds is 6. The molecule has 0 atom stereocenters. The van der Waals surface area contributed by atoms with Crippen molar-refractivity contribution in [2.75, 3.05) is 6.61 Å². The smallest absolute Gasteiger partial charge is 0.193 e. The van der Waals surface area contributed by atoms with Gasteiger partial charge in [-0.1, -0.05) is 13.3 Å². The SMILES string of the molecule is CCCCOc1ccc(C(=O)c2ccc(F)c(F)c2)cc1. The fourth-order valence-electron chi connectivity index (χ4n) is 1.84. The highest BCUT2D eigenvalue weighted by Gasteiger charge is 2.12. The molecule has 0 saturated heterocycles. The van der Waals surface area contributed by atoms with E-state index in [1.165, 1.54) is 6.07 Å². The van der Waals surface area contributed by atoms with Crippen molar-refractivity contribution in [3.8, 4) is 5.75 Å². The lowest BCUT2D eigenvalue weighted by molar-refractivity contribution is 0.103. The molecule has 2 aromatic carbocycles. The second-order valence-electron chi connectivity index (χ2n) is 4.68. The molecule has 0 bridgehead atoms. The summed E-state index contributed by atoms with van der Waals surface area (Å²) in [4.78, 5) is 12.2. The average molecular weight is 290 g/mol. The van der Waals surface area contributed by atoms with Crippen molar-refractivity contribution < 1.29 is 18.3 Å². The summed E-state index contributed by atoms with van der Waals surface area (Å²) in [6, 6.07) is 9.75. The van der Waals surface area contributed by atoms with Gasteiger partial charge in [0.1, 0.15) is 5.75 Å². The Morgan fingerprint density at radius 1 is 1.00 bits per heavy atom. The quantitative estimate of drug-likeness (QED) is 0.583. The Labute approximate surface area is 122 Å². The Balaban J connectivity index is 2.10. The standard InChI is InChI=1S/C17H16F2O2/c1-2-3-10-21-14-7-4-12(5-8-14)17(20)13-6-9-15(18)16(19)11-13/h4-9,11H,2-3,10H2,1H3. The predicted molar refractivity (Wildman–Crippen MR) is 76.6 cm³/mol. The number of benzene rings is 2. The van der Waals surface area contributed by atoms with E-state index in [1.807, 2.05) is 0 Å². The van der Waals surface area contributed by atoms with E-state index in [-0.39, 0.29) is 11.3 Å². The third-order valence-electron chi connectivity index (χ3n) is 3.06. The maximum atomic E-state index is 13.1. The lowest BCUT2D eigenvalue weighted by Crippen LogP contribution is -2.03. The van der Waals surface area contributed by atoms with Gasteiger partial charge in [-0.05, 0) is 48.9 Å². The van der Waals surface area contributed by atoms with Crippen LogP contribution in [0.3, 0.4) is 0 Å². The van der Waals surface area contributed by atoms with Crippen LogP contribution >= 0.6 is 0 Å². The van der Waals surface area contributed by atoms with Crippen LogP contribution < -0.4 is 4.74 Å². The molecule has 0 unspecified atom stereocenters. The van der Waals surface area contributed by atoms with Gasteiger partial charge in [0.05, 0.1) is 6.61 Å². The fraction of sp³-hybridized carbons (Fsp3) is 0.235. The van der Waals surface area contributed by atoms with Gasteiger partial charge < -0.3 is 4.74 Å². The van der Waals surface area contributed by atoms with Gasteiger partial charge in [-0.15, -0.1) is 0 Å². The van der Waals surface area contributed by atoms with Crippen LogP contribution in [-0.2, 0) is 0 Å². The number of hydrogen-bond donors (Lipinski definition) is 0. The fourth-order valence-corrected chi connectivity index (χ4v) is 1.84. The molecule has 0 spiro atoms. The molecule has 2 nitrogen and oxygen atoms in total. The average Bonchev–Trinajstić information content (AvgIpc) is 2.50. The molecule has 110 valence electrons. The van der Waals surface area contributed by atoms with Crippen molar-refractivity contribution >= 4 is 5.78 Å². The van der Waals surface area contributed by atoms with Gasteiger partial charge in [-0.25, -0.2) is 8.78 Å². The molecule has 0 aromatic heterocycles. The lowest BCUT2D eigenvalue weighted by atomic mass is 10.0.